The van der Waals surface area contributed by atoms with E-state index < -0.39 is 12.1 Å². The Morgan fingerprint density at radius 1 is 1.08 bits per heavy atom. The minimum Gasteiger partial charge on any atom is -0.369 e. The van der Waals surface area contributed by atoms with Gasteiger partial charge in [-0.15, -0.1) is 0 Å². The van der Waals surface area contributed by atoms with Gasteiger partial charge in [0.25, 0.3) is 5.91 Å². The van der Waals surface area contributed by atoms with Crippen molar-refractivity contribution < 1.29 is 19.1 Å². The van der Waals surface area contributed by atoms with Gasteiger partial charge in [0.2, 0.25) is 5.91 Å². The topological polar surface area (TPSA) is 82.2 Å². The molecule has 8 heteroatoms. The molecule has 1 N–H and O–H groups in total. The fourth-order valence-electron chi connectivity index (χ4n) is 5.80. The van der Waals surface area contributed by atoms with E-state index in [1.54, 1.807) is 4.90 Å². The number of Topliss-reactive ketones (excluding diaryl/α,β-unsaturated/α-hetero) is 1. The van der Waals surface area contributed by atoms with E-state index in [0.29, 0.717) is 12.1 Å². The maximum Gasteiger partial charge on any atom is 0.251 e. The van der Waals surface area contributed by atoms with Crippen molar-refractivity contribution in [1.29, 1.82) is 0 Å². The molecular weight excluding hydrogens is 456 g/mol. The number of benzene rings is 1. The molecule has 1 aromatic carbocycles. The van der Waals surface area contributed by atoms with Crippen molar-refractivity contribution in [2.75, 3.05) is 50.8 Å². The number of ketones is 1. The number of fused-ring (bicyclic) bond motifs is 1. The lowest BCUT2D eigenvalue weighted by Gasteiger charge is -2.36. The molecule has 4 rings (SSSR count). The van der Waals surface area contributed by atoms with Gasteiger partial charge in [-0.1, -0.05) is 34.1 Å². The number of ether oxygens (including phenoxy) is 1. The number of nitrogens with zero attached hydrogens (tertiary/aromatic N) is 3. The molecule has 3 heterocycles. The molecule has 0 unspecified atom stereocenters. The molecule has 3 aliphatic heterocycles. The fraction of sp³-hybridized carbons (Fsp3) is 0.679. The van der Waals surface area contributed by atoms with E-state index >= 15 is 0 Å². The predicted octanol–water partition coefficient (Wildman–Crippen LogP) is 2.57. The number of amides is 2. The van der Waals surface area contributed by atoms with Crippen molar-refractivity contribution in [3.05, 3.63) is 29.8 Å². The summed E-state index contributed by atoms with van der Waals surface area (Å²) in [5.74, 6) is -0.384. The Balaban J connectivity index is 1.42. The first-order valence-electron chi connectivity index (χ1n) is 13.7. The molecule has 0 saturated carbocycles. The number of likely N-dealkylation sites (tertiary alicyclic amines) is 1. The number of carbonyl (C=O) groups is 3. The van der Waals surface area contributed by atoms with Gasteiger partial charge in [-0.05, 0) is 49.6 Å². The normalized spacial score (nSPS) is 26.1. The molecule has 3 fully saturated rings. The highest BCUT2D eigenvalue weighted by molar-refractivity contribution is 5.99. The van der Waals surface area contributed by atoms with Gasteiger partial charge in [-0.3, -0.25) is 19.3 Å². The van der Waals surface area contributed by atoms with Crippen molar-refractivity contribution in [3.8, 4) is 0 Å². The maximum atomic E-state index is 13.7. The summed E-state index contributed by atoms with van der Waals surface area (Å²) in [4.78, 5) is 46.0. The minimum absolute atomic E-state index is 0.0374. The van der Waals surface area contributed by atoms with Crippen LogP contribution in [-0.4, -0.2) is 91.5 Å². The summed E-state index contributed by atoms with van der Waals surface area (Å²) in [5.41, 5.74) is 1.65. The number of hydrogen-bond acceptors (Lipinski definition) is 6. The Morgan fingerprint density at radius 2 is 1.78 bits per heavy atom. The highest BCUT2D eigenvalue weighted by Crippen LogP contribution is 2.34. The maximum absolute atomic E-state index is 13.7. The summed E-state index contributed by atoms with van der Waals surface area (Å²) in [6.45, 7) is 14.0. The Hall–Kier alpha value is -2.45. The van der Waals surface area contributed by atoms with Crippen molar-refractivity contribution >= 4 is 23.3 Å². The third-order valence-corrected chi connectivity index (χ3v) is 8.27. The number of piperazine rings is 1. The van der Waals surface area contributed by atoms with E-state index in [1.165, 1.54) is 6.42 Å². The highest BCUT2D eigenvalue weighted by Gasteiger charge is 2.52. The van der Waals surface area contributed by atoms with Crippen LogP contribution in [0.4, 0.5) is 5.69 Å². The lowest BCUT2D eigenvalue weighted by molar-refractivity contribution is -0.139. The smallest absolute Gasteiger partial charge is 0.251 e. The number of carbonyl (C=O) groups excluding carboxylic acids is 3. The largest absolute Gasteiger partial charge is 0.369 e. The van der Waals surface area contributed by atoms with Gasteiger partial charge < -0.3 is 19.9 Å². The number of anilines is 1. The predicted molar refractivity (Wildman–Crippen MR) is 140 cm³/mol. The van der Waals surface area contributed by atoms with Gasteiger partial charge in [0.15, 0.2) is 5.78 Å². The van der Waals surface area contributed by atoms with Crippen LogP contribution in [0, 0.1) is 11.8 Å². The first kappa shape index (κ1) is 26.6. The SMILES string of the molecule is CCCN1CCN(c2ccc(C(=O)N[C@H](C(=O)N3C[C@H](CC)[C@H]4OCC(=O)[C@H]43)[C@@H](C)CC)cc2)CC1. The van der Waals surface area contributed by atoms with E-state index in [4.69, 9.17) is 4.74 Å². The van der Waals surface area contributed by atoms with Crippen LogP contribution in [-0.2, 0) is 14.3 Å². The molecule has 3 saturated heterocycles. The summed E-state index contributed by atoms with van der Waals surface area (Å²) in [6.07, 6.45) is 2.53. The van der Waals surface area contributed by atoms with Crippen LogP contribution in [0.3, 0.4) is 0 Å². The fourth-order valence-corrected chi connectivity index (χ4v) is 5.80. The molecular formula is C28H42N4O4. The summed E-state index contributed by atoms with van der Waals surface area (Å²) in [5, 5.41) is 3.00. The van der Waals surface area contributed by atoms with Gasteiger partial charge in [0.1, 0.15) is 18.7 Å². The Bertz CT molecular complexity index is 928. The summed E-state index contributed by atoms with van der Waals surface area (Å²) >= 11 is 0. The first-order chi connectivity index (χ1) is 17.4. The van der Waals surface area contributed by atoms with Crippen molar-refractivity contribution in [2.24, 2.45) is 11.8 Å². The Labute approximate surface area is 215 Å². The van der Waals surface area contributed by atoms with Crippen LogP contribution in [0.2, 0.25) is 0 Å². The molecule has 0 spiro atoms. The number of rotatable bonds is 9. The quantitative estimate of drug-likeness (QED) is 0.564. The molecule has 8 nitrogen and oxygen atoms in total. The van der Waals surface area contributed by atoms with Crippen molar-refractivity contribution in [2.45, 2.75) is 65.1 Å². The summed E-state index contributed by atoms with van der Waals surface area (Å²) in [6, 6.07) is 6.47. The first-order valence-corrected chi connectivity index (χ1v) is 13.7. The van der Waals surface area contributed by atoms with Crippen LogP contribution in [0.1, 0.15) is 57.3 Å². The van der Waals surface area contributed by atoms with Gasteiger partial charge >= 0.3 is 0 Å². The number of hydrogen-bond donors (Lipinski definition) is 1. The lowest BCUT2D eigenvalue weighted by Crippen LogP contribution is -2.54. The van der Waals surface area contributed by atoms with E-state index in [1.807, 2.05) is 38.1 Å². The van der Waals surface area contributed by atoms with Crippen LogP contribution in [0.15, 0.2) is 24.3 Å². The Morgan fingerprint density at radius 3 is 2.39 bits per heavy atom. The van der Waals surface area contributed by atoms with E-state index in [-0.39, 0.29) is 42.1 Å². The molecule has 2 amide bonds. The van der Waals surface area contributed by atoms with Gasteiger partial charge in [0, 0.05) is 49.9 Å². The van der Waals surface area contributed by atoms with Gasteiger partial charge in [-0.2, -0.15) is 0 Å². The average molecular weight is 499 g/mol. The minimum atomic E-state index is -0.682. The summed E-state index contributed by atoms with van der Waals surface area (Å²) < 4.78 is 5.73. The average Bonchev–Trinajstić information content (AvgIpc) is 3.47. The van der Waals surface area contributed by atoms with E-state index in [0.717, 1.165) is 51.3 Å². The zero-order valence-electron chi connectivity index (χ0n) is 22.2. The molecule has 0 bridgehead atoms. The zero-order chi connectivity index (χ0) is 25.8. The van der Waals surface area contributed by atoms with E-state index in [9.17, 15) is 14.4 Å². The summed E-state index contributed by atoms with van der Waals surface area (Å²) in [7, 11) is 0. The molecule has 3 aliphatic rings. The number of nitrogens with one attached hydrogen (secondary N) is 1. The van der Waals surface area contributed by atoms with Crippen LogP contribution in [0.5, 0.6) is 0 Å². The monoisotopic (exact) mass is 498 g/mol. The standard InChI is InChI=1S/C28H42N4O4/c1-5-12-30-13-15-31(16-14-30)22-10-8-21(9-11-22)27(34)29-24(19(4)6-2)28(35)32-17-20(7-3)26-25(32)23(33)18-36-26/h8-11,19-20,24-26H,5-7,12-18H2,1-4H3,(H,29,34)/t19-,20-,24-,25+,26+/m0/s1. The third kappa shape index (κ3) is 5.44. The second-order valence-corrected chi connectivity index (χ2v) is 10.6. The van der Waals surface area contributed by atoms with Crippen LogP contribution >= 0.6 is 0 Å². The molecule has 5 atom stereocenters. The second-order valence-electron chi connectivity index (χ2n) is 10.6. The Kier molecular flexibility index (Phi) is 8.67. The van der Waals surface area contributed by atoms with Crippen LogP contribution in [0.25, 0.3) is 0 Å². The van der Waals surface area contributed by atoms with Gasteiger partial charge in [0.05, 0.1) is 6.10 Å². The van der Waals surface area contributed by atoms with Crippen molar-refractivity contribution in [3.63, 3.8) is 0 Å². The van der Waals surface area contributed by atoms with Crippen molar-refractivity contribution in [1.82, 2.24) is 15.1 Å². The molecule has 0 aliphatic carbocycles. The van der Waals surface area contributed by atoms with E-state index in [2.05, 4.69) is 29.0 Å². The second kappa shape index (κ2) is 11.7. The zero-order valence-corrected chi connectivity index (χ0v) is 22.2. The third-order valence-electron chi connectivity index (χ3n) is 8.27. The molecule has 36 heavy (non-hydrogen) atoms. The highest BCUT2D eigenvalue weighted by atomic mass is 16.5. The van der Waals surface area contributed by atoms with Gasteiger partial charge in [-0.25, -0.2) is 0 Å². The molecule has 198 valence electrons. The molecule has 1 aromatic rings. The lowest BCUT2D eigenvalue weighted by atomic mass is 9.96. The molecule has 0 aromatic heterocycles. The van der Waals surface area contributed by atoms with Crippen LogP contribution < -0.4 is 10.2 Å². The molecule has 0 radical (unpaired) electrons.